The molecule has 2 N–H and O–H groups in total. The molecule has 0 bridgehead atoms. The smallest absolute Gasteiger partial charge is 0.331 e. The Labute approximate surface area is 132 Å². The first-order valence-corrected chi connectivity index (χ1v) is 6.88. The number of hydrogen-bond donors (Lipinski definition) is 2. The standard InChI is InChI=1S/C16H15ClO5/c1-16(15(20)21)7-10(5-11(8-16)14(18)19)9-3-4-13(22-2)12(17)6-9/h3-7H,8H2,1-2H3,(H,18,19)(H,20,21). The van der Waals surface area contributed by atoms with Gasteiger partial charge in [0.2, 0.25) is 0 Å². The number of aliphatic carboxylic acids is 2. The molecule has 0 heterocycles. The molecule has 0 radical (unpaired) electrons. The number of carbonyl (C=O) groups is 2. The summed E-state index contributed by atoms with van der Waals surface area (Å²) in [7, 11) is 1.49. The molecule has 0 amide bonds. The minimum absolute atomic E-state index is 0.0503. The van der Waals surface area contributed by atoms with E-state index in [9.17, 15) is 19.8 Å². The molecule has 116 valence electrons. The maximum atomic E-state index is 11.5. The van der Waals surface area contributed by atoms with Crippen LogP contribution in [0.25, 0.3) is 5.57 Å². The molecule has 0 aromatic heterocycles. The van der Waals surface area contributed by atoms with E-state index >= 15 is 0 Å². The summed E-state index contributed by atoms with van der Waals surface area (Å²) < 4.78 is 5.07. The highest BCUT2D eigenvalue weighted by atomic mass is 35.5. The molecule has 22 heavy (non-hydrogen) atoms. The van der Waals surface area contributed by atoms with Gasteiger partial charge in [-0.2, -0.15) is 0 Å². The molecule has 2 rings (SSSR count). The van der Waals surface area contributed by atoms with Crippen molar-refractivity contribution in [3.8, 4) is 5.75 Å². The first-order valence-electron chi connectivity index (χ1n) is 6.51. The lowest BCUT2D eigenvalue weighted by atomic mass is 9.76. The second kappa shape index (κ2) is 5.85. The monoisotopic (exact) mass is 322 g/mol. The van der Waals surface area contributed by atoms with Gasteiger partial charge in [0.15, 0.2) is 0 Å². The Morgan fingerprint density at radius 3 is 2.50 bits per heavy atom. The number of carboxylic acid groups (broad SMARTS) is 2. The Morgan fingerprint density at radius 1 is 1.32 bits per heavy atom. The molecule has 1 aliphatic carbocycles. The van der Waals surface area contributed by atoms with Crippen LogP contribution >= 0.6 is 11.6 Å². The molecule has 0 saturated carbocycles. The maximum Gasteiger partial charge on any atom is 0.331 e. The van der Waals surface area contributed by atoms with Crippen LogP contribution < -0.4 is 4.74 Å². The van der Waals surface area contributed by atoms with Gasteiger partial charge in [0.25, 0.3) is 0 Å². The molecule has 1 aliphatic rings. The quantitative estimate of drug-likeness (QED) is 0.889. The number of hydrogen-bond acceptors (Lipinski definition) is 3. The summed E-state index contributed by atoms with van der Waals surface area (Å²) in [4.78, 5) is 22.8. The highest BCUT2D eigenvalue weighted by Gasteiger charge is 2.36. The van der Waals surface area contributed by atoms with Gasteiger partial charge in [0.05, 0.1) is 17.5 Å². The SMILES string of the molecule is COc1ccc(C2=CC(C)(C(=O)O)CC(C(=O)O)=C2)cc1Cl. The zero-order valence-electron chi connectivity index (χ0n) is 12.1. The molecule has 1 aromatic carbocycles. The Hall–Kier alpha value is -2.27. The first kappa shape index (κ1) is 16.1. The van der Waals surface area contributed by atoms with E-state index in [0.29, 0.717) is 21.9 Å². The van der Waals surface area contributed by atoms with Crippen molar-refractivity contribution >= 4 is 29.1 Å². The Morgan fingerprint density at radius 2 is 2.00 bits per heavy atom. The second-order valence-electron chi connectivity index (χ2n) is 5.32. The van der Waals surface area contributed by atoms with Crippen LogP contribution in [0.1, 0.15) is 18.9 Å². The molecular formula is C16H15ClO5. The fourth-order valence-corrected chi connectivity index (χ4v) is 2.62. The number of methoxy groups -OCH3 is 1. The lowest BCUT2D eigenvalue weighted by molar-refractivity contribution is -0.145. The molecule has 5 nitrogen and oxygen atoms in total. The molecule has 0 fully saturated rings. The second-order valence-corrected chi connectivity index (χ2v) is 5.73. The molecule has 1 atom stereocenters. The van der Waals surface area contributed by atoms with E-state index in [0.717, 1.165) is 0 Å². The van der Waals surface area contributed by atoms with E-state index < -0.39 is 17.4 Å². The van der Waals surface area contributed by atoms with Gasteiger partial charge in [-0.1, -0.05) is 23.7 Å². The van der Waals surface area contributed by atoms with E-state index in [4.69, 9.17) is 16.3 Å². The van der Waals surface area contributed by atoms with Crippen molar-refractivity contribution in [2.45, 2.75) is 13.3 Å². The van der Waals surface area contributed by atoms with E-state index in [2.05, 4.69) is 0 Å². The Balaban J connectivity index is 2.55. The van der Waals surface area contributed by atoms with Gasteiger partial charge in [0, 0.05) is 5.57 Å². The number of ether oxygens (including phenoxy) is 1. The van der Waals surface area contributed by atoms with Crippen molar-refractivity contribution in [2.24, 2.45) is 5.41 Å². The van der Waals surface area contributed by atoms with Crippen molar-refractivity contribution in [1.82, 2.24) is 0 Å². The van der Waals surface area contributed by atoms with Crippen LogP contribution in [0.5, 0.6) is 5.75 Å². The summed E-state index contributed by atoms with van der Waals surface area (Å²) in [6, 6.07) is 4.98. The summed E-state index contributed by atoms with van der Waals surface area (Å²) in [6.07, 6.45) is 2.97. The third kappa shape index (κ3) is 2.99. The van der Waals surface area contributed by atoms with Crippen molar-refractivity contribution < 1.29 is 24.5 Å². The highest BCUT2D eigenvalue weighted by molar-refractivity contribution is 6.32. The number of allylic oxidation sites excluding steroid dienone is 2. The average Bonchev–Trinajstić information content (AvgIpc) is 2.46. The lowest BCUT2D eigenvalue weighted by Crippen LogP contribution is -2.29. The van der Waals surface area contributed by atoms with Crippen molar-refractivity contribution in [1.29, 1.82) is 0 Å². The Bertz CT molecular complexity index is 704. The van der Waals surface area contributed by atoms with E-state index in [1.54, 1.807) is 24.3 Å². The van der Waals surface area contributed by atoms with E-state index in [1.165, 1.54) is 20.1 Å². The summed E-state index contributed by atoms with van der Waals surface area (Å²) in [5.74, 6) is -1.71. The molecule has 1 aromatic rings. The summed E-state index contributed by atoms with van der Waals surface area (Å²) in [5, 5.41) is 19.0. The maximum absolute atomic E-state index is 11.5. The normalized spacial score (nSPS) is 20.9. The molecule has 1 unspecified atom stereocenters. The van der Waals surface area contributed by atoms with Gasteiger partial charge in [-0.25, -0.2) is 4.79 Å². The minimum Gasteiger partial charge on any atom is -0.495 e. The molecule has 0 spiro atoms. The van der Waals surface area contributed by atoms with Crippen LogP contribution in [0.3, 0.4) is 0 Å². The molecule has 0 saturated heterocycles. The average molecular weight is 323 g/mol. The zero-order valence-corrected chi connectivity index (χ0v) is 12.8. The number of carboxylic acids is 2. The minimum atomic E-state index is -1.27. The Kier molecular flexibility index (Phi) is 4.28. The van der Waals surface area contributed by atoms with Crippen LogP contribution in [0.4, 0.5) is 0 Å². The molecule has 0 aliphatic heterocycles. The number of halogens is 1. The van der Waals surface area contributed by atoms with Crippen LogP contribution in [0.15, 0.2) is 35.9 Å². The fourth-order valence-electron chi connectivity index (χ4n) is 2.36. The van der Waals surface area contributed by atoms with Gasteiger partial charge in [-0.3, -0.25) is 4.79 Å². The molecular weight excluding hydrogens is 308 g/mol. The number of benzene rings is 1. The van der Waals surface area contributed by atoms with E-state index in [1.807, 2.05) is 0 Å². The van der Waals surface area contributed by atoms with Gasteiger partial charge >= 0.3 is 11.9 Å². The molecule has 6 heteroatoms. The third-order valence-corrected chi connectivity index (χ3v) is 3.91. The van der Waals surface area contributed by atoms with Gasteiger partial charge in [-0.15, -0.1) is 0 Å². The predicted octanol–water partition coefficient (Wildman–Crippen LogP) is 3.24. The predicted molar refractivity (Wildman–Crippen MR) is 82.1 cm³/mol. The summed E-state index contributed by atoms with van der Waals surface area (Å²) >= 11 is 6.08. The van der Waals surface area contributed by atoms with Crippen LogP contribution in [-0.2, 0) is 9.59 Å². The van der Waals surface area contributed by atoms with Crippen molar-refractivity contribution in [3.05, 3.63) is 46.5 Å². The van der Waals surface area contributed by atoms with Gasteiger partial charge in [-0.05, 0) is 42.7 Å². The van der Waals surface area contributed by atoms with Crippen molar-refractivity contribution in [3.63, 3.8) is 0 Å². The first-order chi connectivity index (χ1) is 10.3. The lowest BCUT2D eigenvalue weighted by Gasteiger charge is -2.26. The highest BCUT2D eigenvalue weighted by Crippen LogP contribution is 2.39. The van der Waals surface area contributed by atoms with E-state index in [-0.39, 0.29) is 12.0 Å². The van der Waals surface area contributed by atoms with Gasteiger partial charge < -0.3 is 14.9 Å². The summed E-state index contributed by atoms with van der Waals surface area (Å²) in [6.45, 7) is 1.50. The number of rotatable bonds is 4. The zero-order chi connectivity index (χ0) is 16.5. The van der Waals surface area contributed by atoms with Crippen LogP contribution in [0.2, 0.25) is 5.02 Å². The van der Waals surface area contributed by atoms with Gasteiger partial charge in [0.1, 0.15) is 5.75 Å². The van der Waals surface area contributed by atoms with Crippen LogP contribution in [-0.4, -0.2) is 29.3 Å². The third-order valence-electron chi connectivity index (χ3n) is 3.61. The largest absolute Gasteiger partial charge is 0.495 e. The fraction of sp³-hybridized carbons (Fsp3) is 0.250. The van der Waals surface area contributed by atoms with Crippen LogP contribution in [0, 0.1) is 5.41 Å². The topological polar surface area (TPSA) is 83.8 Å². The van der Waals surface area contributed by atoms with Crippen molar-refractivity contribution in [2.75, 3.05) is 7.11 Å². The summed E-state index contributed by atoms with van der Waals surface area (Å²) in [5.41, 5.74) is -0.0753.